The number of nitrogens with one attached hydrogen (secondary N) is 1. The molecule has 3 heteroatoms. The predicted molar refractivity (Wildman–Crippen MR) is 68.5 cm³/mol. The van der Waals surface area contributed by atoms with E-state index >= 15 is 0 Å². The Morgan fingerprint density at radius 1 is 1.20 bits per heavy atom. The van der Waals surface area contributed by atoms with Crippen LogP contribution in [0.3, 0.4) is 0 Å². The number of benzene rings is 1. The minimum atomic E-state index is 0.939. The zero-order valence-corrected chi connectivity index (χ0v) is 10.6. The molecule has 0 atom stereocenters. The van der Waals surface area contributed by atoms with E-state index in [-0.39, 0.29) is 0 Å². The summed E-state index contributed by atoms with van der Waals surface area (Å²) in [5.41, 5.74) is 3.40. The van der Waals surface area contributed by atoms with Crippen LogP contribution in [0, 0.1) is 13.8 Å². The quantitative estimate of drug-likeness (QED) is 0.851. The van der Waals surface area contributed by atoms with E-state index in [4.69, 9.17) is 0 Å². The molecule has 0 bridgehead atoms. The maximum absolute atomic E-state index is 4.60. The van der Waals surface area contributed by atoms with Crippen LogP contribution in [0.5, 0.6) is 0 Å². The molecule has 2 aromatic rings. The lowest BCUT2D eigenvalue weighted by molar-refractivity contribution is 1.27. The Balaban J connectivity index is 2.82. The fraction of sp³-hybridized carbons (Fsp3) is 0.250. The molecule has 0 aliphatic carbocycles. The number of fused-ring (bicyclic) bond motifs is 1. The van der Waals surface area contributed by atoms with Gasteiger partial charge in [0.2, 0.25) is 0 Å². The van der Waals surface area contributed by atoms with Crippen molar-refractivity contribution in [3.8, 4) is 0 Å². The van der Waals surface area contributed by atoms with Crippen LogP contribution < -0.4 is 5.32 Å². The van der Waals surface area contributed by atoms with Crippen molar-refractivity contribution in [2.45, 2.75) is 13.8 Å². The highest BCUT2D eigenvalue weighted by atomic mass is 79.9. The summed E-state index contributed by atoms with van der Waals surface area (Å²) in [4.78, 5) is 4.60. The van der Waals surface area contributed by atoms with E-state index < -0.39 is 0 Å². The molecular weight excluding hydrogens is 252 g/mol. The molecule has 0 fully saturated rings. The number of halogens is 1. The van der Waals surface area contributed by atoms with E-state index in [2.05, 4.69) is 58.3 Å². The van der Waals surface area contributed by atoms with Crippen molar-refractivity contribution in [1.29, 1.82) is 0 Å². The van der Waals surface area contributed by atoms with Gasteiger partial charge in [-0.15, -0.1) is 0 Å². The Morgan fingerprint density at radius 3 is 2.60 bits per heavy atom. The molecule has 1 heterocycles. The normalized spacial score (nSPS) is 10.7. The van der Waals surface area contributed by atoms with Gasteiger partial charge in [-0.2, -0.15) is 0 Å². The van der Waals surface area contributed by atoms with Crippen LogP contribution in [0.1, 0.15) is 11.1 Å². The highest BCUT2D eigenvalue weighted by molar-refractivity contribution is 9.10. The van der Waals surface area contributed by atoms with Gasteiger partial charge in [-0.05, 0) is 47.0 Å². The highest BCUT2D eigenvalue weighted by Crippen LogP contribution is 2.28. The number of rotatable bonds is 1. The molecule has 0 unspecified atom stereocenters. The minimum Gasteiger partial charge on any atom is -0.373 e. The molecule has 2 rings (SSSR count). The zero-order chi connectivity index (χ0) is 11.0. The van der Waals surface area contributed by atoms with Gasteiger partial charge in [-0.3, -0.25) is 0 Å². The van der Waals surface area contributed by atoms with Crippen molar-refractivity contribution < 1.29 is 0 Å². The third-order valence-electron chi connectivity index (χ3n) is 2.55. The molecular formula is C12H13BrN2. The molecule has 0 radical (unpaired) electrons. The number of pyridine rings is 1. The number of aryl methyl sites for hydroxylation is 2. The largest absolute Gasteiger partial charge is 0.373 e. The maximum atomic E-state index is 4.60. The van der Waals surface area contributed by atoms with Crippen LogP contribution in [0.15, 0.2) is 22.7 Å². The molecule has 0 amide bonds. The van der Waals surface area contributed by atoms with Gasteiger partial charge in [0.25, 0.3) is 0 Å². The third-order valence-corrected chi connectivity index (χ3v) is 3.55. The third kappa shape index (κ3) is 1.72. The van der Waals surface area contributed by atoms with Gasteiger partial charge >= 0.3 is 0 Å². The minimum absolute atomic E-state index is 0.939. The molecule has 1 aromatic carbocycles. The summed E-state index contributed by atoms with van der Waals surface area (Å²) in [6.07, 6.45) is 0. The SMILES string of the molecule is CNc1nc2c(Br)c(C)ccc2cc1C. The second-order valence-corrected chi connectivity index (χ2v) is 4.47. The Labute approximate surface area is 97.8 Å². The van der Waals surface area contributed by atoms with E-state index in [9.17, 15) is 0 Å². The van der Waals surface area contributed by atoms with Gasteiger partial charge in [-0.25, -0.2) is 4.98 Å². The van der Waals surface area contributed by atoms with Crippen LogP contribution >= 0.6 is 15.9 Å². The van der Waals surface area contributed by atoms with E-state index in [0.29, 0.717) is 0 Å². The van der Waals surface area contributed by atoms with Crippen molar-refractivity contribution >= 4 is 32.7 Å². The molecule has 78 valence electrons. The molecule has 0 saturated heterocycles. The van der Waals surface area contributed by atoms with Gasteiger partial charge < -0.3 is 5.32 Å². The lowest BCUT2D eigenvalue weighted by Crippen LogP contribution is -1.96. The summed E-state index contributed by atoms with van der Waals surface area (Å²) in [6, 6.07) is 6.36. The van der Waals surface area contributed by atoms with E-state index in [1.165, 1.54) is 16.5 Å². The number of hydrogen-bond acceptors (Lipinski definition) is 2. The zero-order valence-electron chi connectivity index (χ0n) is 9.06. The van der Waals surface area contributed by atoms with Gasteiger partial charge in [0, 0.05) is 16.9 Å². The van der Waals surface area contributed by atoms with Crippen LogP contribution in [0.4, 0.5) is 5.82 Å². The first kappa shape index (κ1) is 10.4. The second kappa shape index (κ2) is 3.81. The first-order valence-corrected chi connectivity index (χ1v) is 5.67. The van der Waals surface area contributed by atoms with E-state index in [1.807, 2.05) is 7.05 Å². The molecule has 0 spiro atoms. The summed E-state index contributed by atoms with van der Waals surface area (Å²) in [5.74, 6) is 0.939. The second-order valence-electron chi connectivity index (χ2n) is 3.67. The lowest BCUT2D eigenvalue weighted by Gasteiger charge is -2.08. The topological polar surface area (TPSA) is 24.9 Å². The number of aromatic nitrogens is 1. The van der Waals surface area contributed by atoms with Crippen molar-refractivity contribution in [2.75, 3.05) is 12.4 Å². The first-order chi connectivity index (χ1) is 7.13. The fourth-order valence-corrected chi connectivity index (χ4v) is 2.11. The van der Waals surface area contributed by atoms with Crippen molar-refractivity contribution in [3.63, 3.8) is 0 Å². The van der Waals surface area contributed by atoms with Gasteiger partial charge in [-0.1, -0.05) is 12.1 Å². The number of nitrogens with zero attached hydrogens (tertiary/aromatic N) is 1. The average Bonchev–Trinajstić information content (AvgIpc) is 2.23. The molecule has 1 aromatic heterocycles. The summed E-state index contributed by atoms with van der Waals surface area (Å²) < 4.78 is 1.08. The van der Waals surface area contributed by atoms with Crippen molar-refractivity contribution in [2.24, 2.45) is 0 Å². The van der Waals surface area contributed by atoms with Crippen LogP contribution in [-0.4, -0.2) is 12.0 Å². The van der Waals surface area contributed by atoms with Gasteiger partial charge in [0.05, 0.1) is 5.52 Å². The average molecular weight is 265 g/mol. The summed E-state index contributed by atoms with van der Waals surface area (Å²) in [6.45, 7) is 4.14. The lowest BCUT2D eigenvalue weighted by atomic mass is 10.1. The molecule has 0 aliphatic heterocycles. The Hall–Kier alpha value is -1.09. The van der Waals surface area contributed by atoms with Gasteiger partial charge in [0.1, 0.15) is 5.82 Å². The molecule has 15 heavy (non-hydrogen) atoms. The monoisotopic (exact) mass is 264 g/mol. The highest BCUT2D eigenvalue weighted by Gasteiger charge is 2.06. The molecule has 0 aliphatic rings. The van der Waals surface area contributed by atoms with E-state index in [1.54, 1.807) is 0 Å². The summed E-state index contributed by atoms with van der Waals surface area (Å²) >= 11 is 3.58. The smallest absolute Gasteiger partial charge is 0.129 e. The number of hydrogen-bond donors (Lipinski definition) is 1. The molecule has 1 N–H and O–H groups in total. The predicted octanol–water partition coefficient (Wildman–Crippen LogP) is 3.66. The maximum Gasteiger partial charge on any atom is 0.129 e. The van der Waals surface area contributed by atoms with Gasteiger partial charge in [0.15, 0.2) is 0 Å². The molecule has 0 saturated carbocycles. The standard InChI is InChI=1S/C12H13BrN2/c1-7-4-5-9-6-8(2)12(14-3)15-11(9)10(7)13/h4-6H,1-3H3,(H,14,15). The van der Waals surface area contributed by atoms with E-state index in [0.717, 1.165) is 15.8 Å². The van der Waals surface area contributed by atoms with Crippen molar-refractivity contribution in [3.05, 3.63) is 33.8 Å². The van der Waals surface area contributed by atoms with Crippen molar-refractivity contribution in [1.82, 2.24) is 4.98 Å². The van der Waals surface area contributed by atoms with Crippen LogP contribution in [0.2, 0.25) is 0 Å². The Bertz CT molecular complexity index is 521. The van der Waals surface area contributed by atoms with Crippen LogP contribution in [-0.2, 0) is 0 Å². The fourth-order valence-electron chi connectivity index (χ4n) is 1.67. The summed E-state index contributed by atoms with van der Waals surface area (Å²) in [5, 5.41) is 4.27. The first-order valence-electron chi connectivity index (χ1n) is 4.87. The van der Waals surface area contributed by atoms with Crippen LogP contribution in [0.25, 0.3) is 10.9 Å². The number of anilines is 1. The Kier molecular flexibility index (Phi) is 2.65. The molecule has 2 nitrogen and oxygen atoms in total. The Morgan fingerprint density at radius 2 is 1.93 bits per heavy atom. The summed E-state index contributed by atoms with van der Waals surface area (Å²) in [7, 11) is 1.89.